The van der Waals surface area contributed by atoms with E-state index in [0.717, 1.165) is 22.1 Å². The standard InChI is InChI=1S/C21H16N4O3/c26-20(27)16-4-1-3-15(11-16)14-8-6-13(7-9-14)12-23-19-17-5-2-10-22-18(17)24-21(28)25-19/h1-11H,12H2,(H,26,27)(H2,22,23,24,25,28). The first kappa shape index (κ1) is 17.4. The molecule has 4 aromatic rings. The number of fused-ring (bicyclic) bond motifs is 1. The number of carboxylic acid groups (broad SMARTS) is 1. The van der Waals surface area contributed by atoms with Crippen molar-refractivity contribution in [3.8, 4) is 11.1 Å². The fraction of sp³-hybridized carbons (Fsp3) is 0.0476. The topological polar surface area (TPSA) is 108 Å². The normalized spacial score (nSPS) is 10.7. The highest BCUT2D eigenvalue weighted by Gasteiger charge is 2.07. The highest BCUT2D eigenvalue weighted by atomic mass is 16.4. The van der Waals surface area contributed by atoms with E-state index in [2.05, 4.69) is 20.3 Å². The third-order valence-corrected chi connectivity index (χ3v) is 4.36. The van der Waals surface area contributed by atoms with Crippen molar-refractivity contribution in [1.29, 1.82) is 0 Å². The van der Waals surface area contributed by atoms with Crippen LogP contribution in [0.5, 0.6) is 0 Å². The lowest BCUT2D eigenvalue weighted by atomic mass is 10.0. The molecule has 0 saturated heterocycles. The summed E-state index contributed by atoms with van der Waals surface area (Å²) in [6.07, 6.45) is 1.61. The number of anilines is 1. The first-order valence-corrected chi connectivity index (χ1v) is 8.62. The van der Waals surface area contributed by atoms with E-state index in [9.17, 15) is 9.59 Å². The highest BCUT2D eigenvalue weighted by molar-refractivity contribution is 5.89. The van der Waals surface area contributed by atoms with Crippen molar-refractivity contribution in [2.45, 2.75) is 6.54 Å². The lowest BCUT2D eigenvalue weighted by molar-refractivity contribution is 0.0697. The Morgan fingerprint density at radius 3 is 2.64 bits per heavy atom. The number of hydrogen-bond donors (Lipinski definition) is 3. The molecular weight excluding hydrogens is 356 g/mol. The lowest BCUT2D eigenvalue weighted by Crippen LogP contribution is -2.14. The minimum absolute atomic E-state index is 0.254. The summed E-state index contributed by atoms with van der Waals surface area (Å²) < 4.78 is 0. The zero-order chi connectivity index (χ0) is 19.5. The fourth-order valence-corrected chi connectivity index (χ4v) is 2.95. The van der Waals surface area contributed by atoms with Gasteiger partial charge in [0, 0.05) is 12.7 Å². The molecule has 0 amide bonds. The molecule has 0 aliphatic rings. The van der Waals surface area contributed by atoms with Gasteiger partial charge in [-0.05, 0) is 41.0 Å². The second-order valence-corrected chi connectivity index (χ2v) is 6.23. The second kappa shape index (κ2) is 7.32. The van der Waals surface area contributed by atoms with Crippen LogP contribution in [0.4, 0.5) is 5.82 Å². The van der Waals surface area contributed by atoms with Crippen molar-refractivity contribution in [2.75, 3.05) is 5.32 Å². The average Bonchev–Trinajstić information content (AvgIpc) is 2.72. The van der Waals surface area contributed by atoms with Gasteiger partial charge in [-0.3, -0.25) is 4.98 Å². The van der Waals surface area contributed by atoms with E-state index >= 15 is 0 Å². The Balaban J connectivity index is 1.54. The zero-order valence-electron chi connectivity index (χ0n) is 14.7. The Bertz CT molecular complexity index is 1220. The molecule has 0 bridgehead atoms. The molecule has 7 heteroatoms. The molecule has 0 aliphatic heterocycles. The third kappa shape index (κ3) is 3.59. The number of benzene rings is 2. The molecule has 2 aromatic heterocycles. The fourth-order valence-electron chi connectivity index (χ4n) is 2.95. The molecule has 0 unspecified atom stereocenters. The Morgan fingerprint density at radius 1 is 1.04 bits per heavy atom. The summed E-state index contributed by atoms with van der Waals surface area (Å²) in [7, 11) is 0. The van der Waals surface area contributed by atoms with Gasteiger partial charge in [0.15, 0.2) is 0 Å². The first-order chi connectivity index (χ1) is 13.6. The monoisotopic (exact) mass is 372 g/mol. The molecule has 0 atom stereocenters. The van der Waals surface area contributed by atoms with Crippen LogP contribution in [0, 0.1) is 0 Å². The maximum absolute atomic E-state index is 11.7. The number of aromatic amines is 1. The molecule has 0 saturated carbocycles. The Kier molecular flexibility index (Phi) is 4.55. The van der Waals surface area contributed by atoms with E-state index in [1.807, 2.05) is 36.4 Å². The number of carbonyl (C=O) groups is 1. The van der Waals surface area contributed by atoms with Gasteiger partial charge in [-0.15, -0.1) is 0 Å². The summed E-state index contributed by atoms with van der Waals surface area (Å²) in [6, 6.07) is 18.2. The van der Waals surface area contributed by atoms with Gasteiger partial charge in [0.2, 0.25) is 0 Å². The van der Waals surface area contributed by atoms with Crippen molar-refractivity contribution in [3.05, 3.63) is 88.5 Å². The molecule has 3 N–H and O–H groups in total. The molecule has 28 heavy (non-hydrogen) atoms. The van der Waals surface area contributed by atoms with Gasteiger partial charge in [0.1, 0.15) is 11.5 Å². The summed E-state index contributed by atoms with van der Waals surface area (Å²) in [4.78, 5) is 33.6. The molecule has 7 nitrogen and oxygen atoms in total. The van der Waals surface area contributed by atoms with Crippen LogP contribution < -0.4 is 11.0 Å². The zero-order valence-corrected chi connectivity index (χ0v) is 14.7. The van der Waals surface area contributed by atoms with Gasteiger partial charge in [0.05, 0.1) is 10.9 Å². The van der Waals surface area contributed by atoms with Crippen LogP contribution >= 0.6 is 0 Å². The van der Waals surface area contributed by atoms with E-state index in [-0.39, 0.29) is 5.56 Å². The van der Waals surface area contributed by atoms with Crippen molar-refractivity contribution >= 4 is 22.8 Å². The molecule has 0 aliphatic carbocycles. The summed E-state index contributed by atoms with van der Waals surface area (Å²) in [5.74, 6) is -0.472. The van der Waals surface area contributed by atoms with Crippen molar-refractivity contribution in [1.82, 2.24) is 15.0 Å². The van der Waals surface area contributed by atoms with Gasteiger partial charge >= 0.3 is 11.7 Å². The van der Waals surface area contributed by atoms with E-state index < -0.39 is 11.7 Å². The second-order valence-electron chi connectivity index (χ2n) is 6.23. The molecule has 138 valence electrons. The van der Waals surface area contributed by atoms with E-state index in [1.54, 1.807) is 30.5 Å². The van der Waals surface area contributed by atoms with Crippen LogP contribution in [0.15, 0.2) is 71.7 Å². The number of carboxylic acids is 1. The predicted octanol–water partition coefficient (Wildman–Crippen LogP) is 3.30. The maximum atomic E-state index is 11.7. The Hall–Kier alpha value is -4.00. The number of pyridine rings is 1. The molecule has 4 rings (SSSR count). The minimum Gasteiger partial charge on any atom is -0.478 e. The van der Waals surface area contributed by atoms with E-state index in [1.165, 1.54) is 0 Å². The molecule has 0 fully saturated rings. The summed E-state index contributed by atoms with van der Waals surface area (Å²) in [5.41, 5.74) is 3.05. The Labute approximate surface area is 159 Å². The average molecular weight is 372 g/mol. The molecule has 0 spiro atoms. The third-order valence-electron chi connectivity index (χ3n) is 4.36. The maximum Gasteiger partial charge on any atom is 0.348 e. The number of hydrogen-bond acceptors (Lipinski definition) is 5. The highest BCUT2D eigenvalue weighted by Crippen LogP contribution is 2.22. The van der Waals surface area contributed by atoms with Gasteiger partial charge < -0.3 is 10.4 Å². The number of aromatic nitrogens is 3. The number of rotatable bonds is 5. The van der Waals surface area contributed by atoms with Crippen LogP contribution in [0.25, 0.3) is 22.2 Å². The number of nitrogens with zero attached hydrogens (tertiary/aromatic N) is 2. The SMILES string of the molecule is O=C(O)c1cccc(-c2ccc(CNc3nc(=O)[nH]c4ncccc34)cc2)c1. The van der Waals surface area contributed by atoms with Crippen LogP contribution in [-0.2, 0) is 6.54 Å². The molecule has 2 heterocycles. The summed E-state index contributed by atoms with van der Waals surface area (Å²) in [6.45, 7) is 0.482. The Morgan fingerprint density at radius 2 is 1.86 bits per heavy atom. The number of aromatic carboxylic acids is 1. The number of H-pyrrole nitrogens is 1. The van der Waals surface area contributed by atoms with Gasteiger partial charge in [0.25, 0.3) is 0 Å². The number of nitrogens with one attached hydrogen (secondary N) is 2. The van der Waals surface area contributed by atoms with Gasteiger partial charge in [-0.2, -0.15) is 4.98 Å². The first-order valence-electron chi connectivity index (χ1n) is 8.62. The van der Waals surface area contributed by atoms with Crippen LogP contribution in [0.2, 0.25) is 0 Å². The summed E-state index contributed by atoms with van der Waals surface area (Å²) >= 11 is 0. The van der Waals surface area contributed by atoms with Crippen LogP contribution in [0.3, 0.4) is 0 Å². The van der Waals surface area contributed by atoms with E-state index in [0.29, 0.717) is 18.0 Å². The quantitative estimate of drug-likeness (QED) is 0.496. The van der Waals surface area contributed by atoms with Crippen LogP contribution in [-0.4, -0.2) is 26.0 Å². The summed E-state index contributed by atoms with van der Waals surface area (Å²) in [5, 5.41) is 13.0. The smallest absolute Gasteiger partial charge is 0.348 e. The minimum atomic E-state index is -0.949. The molecule has 0 radical (unpaired) electrons. The van der Waals surface area contributed by atoms with Crippen LogP contribution in [0.1, 0.15) is 15.9 Å². The van der Waals surface area contributed by atoms with Crippen molar-refractivity contribution < 1.29 is 9.90 Å². The molecule has 2 aromatic carbocycles. The molecular formula is C21H16N4O3. The van der Waals surface area contributed by atoms with Gasteiger partial charge in [-0.1, -0.05) is 36.4 Å². The largest absolute Gasteiger partial charge is 0.478 e. The lowest BCUT2D eigenvalue weighted by Gasteiger charge is -2.09. The van der Waals surface area contributed by atoms with E-state index in [4.69, 9.17) is 5.11 Å². The van der Waals surface area contributed by atoms with Crippen molar-refractivity contribution in [2.24, 2.45) is 0 Å². The predicted molar refractivity (Wildman–Crippen MR) is 106 cm³/mol. The van der Waals surface area contributed by atoms with Gasteiger partial charge in [-0.25, -0.2) is 14.6 Å². The van der Waals surface area contributed by atoms with Crippen molar-refractivity contribution in [3.63, 3.8) is 0 Å².